The first-order valence-electron chi connectivity index (χ1n) is 6.07. The molecule has 1 aromatic rings. The molecular weight excluding hydrogens is 230 g/mol. The van der Waals surface area contributed by atoms with E-state index in [2.05, 4.69) is 0 Å². The van der Waals surface area contributed by atoms with E-state index in [0.29, 0.717) is 5.56 Å². The van der Waals surface area contributed by atoms with E-state index in [4.69, 9.17) is 5.11 Å². The minimum absolute atomic E-state index is 0.0828. The monoisotopic (exact) mass is 247 g/mol. The van der Waals surface area contributed by atoms with E-state index >= 15 is 0 Å². The normalized spacial score (nSPS) is 17.8. The predicted octanol–water partition coefficient (Wildman–Crippen LogP) is 2.40. The summed E-state index contributed by atoms with van der Waals surface area (Å²) in [6, 6.07) is 6.22. The van der Waals surface area contributed by atoms with Gasteiger partial charge in [0.25, 0.3) is 5.91 Å². The van der Waals surface area contributed by atoms with Gasteiger partial charge in [-0.15, -0.1) is 0 Å². The lowest BCUT2D eigenvalue weighted by Gasteiger charge is -2.31. The Labute approximate surface area is 106 Å². The van der Waals surface area contributed by atoms with Gasteiger partial charge >= 0.3 is 5.97 Å². The number of nitrogens with zero attached hydrogens (tertiary/aromatic N) is 1. The number of carbonyl (C=O) groups excluding carboxylic acids is 1. The highest BCUT2D eigenvalue weighted by molar-refractivity contribution is 5.97. The van der Waals surface area contributed by atoms with Gasteiger partial charge in [0.1, 0.15) is 0 Å². The summed E-state index contributed by atoms with van der Waals surface area (Å²) in [5.74, 6) is -1.09. The minimum atomic E-state index is -1.01. The molecular formula is C14H17NO3. The van der Waals surface area contributed by atoms with Gasteiger partial charge in [0.05, 0.1) is 5.56 Å². The molecule has 1 fully saturated rings. The second-order valence-corrected chi connectivity index (χ2v) is 5.26. The number of carboxylic acids is 1. The summed E-state index contributed by atoms with van der Waals surface area (Å²) in [7, 11) is 0. The van der Waals surface area contributed by atoms with E-state index in [1.807, 2.05) is 18.7 Å². The van der Waals surface area contributed by atoms with Gasteiger partial charge in [-0.2, -0.15) is 0 Å². The Morgan fingerprint density at radius 1 is 1.28 bits per heavy atom. The second kappa shape index (κ2) is 4.44. The Bertz CT molecular complexity index is 494. The molecule has 18 heavy (non-hydrogen) atoms. The Morgan fingerprint density at radius 3 is 2.50 bits per heavy atom. The molecule has 1 aliphatic heterocycles. The Hall–Kier alpha value is -1.84. The molecule has 4 nitrogen and oxygen atoms in total. The number of carbonyl (C=O) groups is 2. The molecule has 0 aliphatic carbocycles. The molecule has 4 heteroatoms. The number of hydrogen-bond donors (Lipinski definition) is 1. The first-order chi connectivity index (χ1) is 8.42. The molecule has 0 spiro atoms. The maximum Gasteiger partial charge on any atom is 0.335 e. The highest BCUT2D eigenvalue weighted by atomic mass is 16.4. The zero-order chi connectivity index (χ0) is 13.3. The van der Waals surface area contributed by atoms with Crippen molar-refractivity contribution in [1.82, 2.24) is 4.90 Å². The third-order valence-corrected chi connectivity index (χ3v) is 3.50. The van der Waals surface area contributed by atoms with E-state index in [9.17, 15) is 9.59 Å². The van der Waals surface area contributed by atoms with Crippen molar-refractivity contribution in [2.75, 3.05) is 6.54 Å². The van der Waals surface area contributed by atoms with Crippen LogP contribution in [0.25, 0.3) is 0 Å². The number of likely N-dealkylation sites (tertiary alicyclic amines) is 1. The number of carboxylic acid groups (broad SMARTS) is 1. The average Bonchev–Trinajstić information content (AvgIpc) is 2.68. The topological polar surface area (TPSA) is 57.6 Å². The highest BCUT2D eigenvalue weighted by Crippen LogP contribution is 2.29. The molecule has 1 amide bonds. The van der Waals surface area contributed by atoms with Crippen LogP contribution in [0.5, 0.6) is 0 Å². The van der Waals surface area contributed by atoms with Crippen LogP contribution in [0.4, 0.5) is 0 Å². The molecule has 0 unspecified atom stereocenters. The second-order valence-electron chi connectivity index (χ2n) is 5.26. The van der Waals surface area contributed by atoms with Crippen LogP contribution in [0.15, 0.2) is 24.3 Å². The van der Waals surface area contributed by atoms with Gasteiger partial charge in [-0.05, 0) is 44.9 Å². The summed E-state index contributed by atoms with van der Waals surface area (Å²) in [5.41, 5.74) is 0.457. The highest BCUT2D eigenvalue weighted by Gasteiger charge is 2.35. The first-order valence-corrected chi connectivity index (χ1v) is 6.07. The molecule has 0 atom stereocenters. The van der Waals surface area contributed by atoms with Crippen molar-refractivity contribution in [3.8, 4) is 0 Å². The van der Waals surface area contributed by atoms with Gasteiger partial charge in [-0.3, -0.25) is 4.79 Å². The Balaban J connectivity index is 2.29. The maximum atomic E-state index is 12.4. The van der Waals surface area contributed by atoms with Crippen LogP contribution in [0.1, 0.15) is 47.4 Å². The van der Waals surface area contributed by atoms with Crippen LogP contribution in [-0.2, 0) is 0 Å². The van der Waals surface area contributed by atoms with Crippen LogP contribution in [0.2, 0.25) is 0 Å². The fourth-order valence-electron chi connectivity index (χ4n) is 2.42. The van der Waals surface area contributed by atoms with Crippen molar-refractivity contribution in [1.29, 1.82) is 0 Å². The number of hydrogen-bond acceptors (Lipinski definition) is 2. The fraction of sp³-hybridized carbons (Fsp3) is 0.429. The number of amides is 1. The van der Waals surface area contributed by atoms with Crippen molar-refractivity contribution in [3.05, 3.63) is 35.4 Å². The lowest BCUT2D eigenvalue weighted by atomic mass is 10.0. The van der Waals surface area contributed by atoms with Gasteiger partial charge in [0.15, 0.2) is 0 Å². The third-order valence-electron chi connectivity index (χ3n) is 3.50. The molecule has 96 valence electrons. The van der Waals surface area contributed by atoms with Gasteiger partial charge in [0.2, 0.25) is 0 Å². The Kier molecular flexibility index (Phi) is 3.11. The van der Waals surface area contributed by atoms with Crippen LogP contribution in [-0.4, -0.2) is 34.0 Å². The van der Waals surface area contributed by atoms with Gasteiger partial charge in [-0.1, -0.05) is 6.07 Å². The van der Waals surface area contributed by atoms with Gasteiger partial charge in [0, 0.05) is 17.6 Å². The van der Waals surface area contributed by atoms with E-state index in [1.54, 1.807) is 12.1 Å². The molecule has 1 saturated heterocycles. The van der Waals surface area contributed by atoms with Crippen LogP contribution in [0.3, 0.4) is 0 Å². The van der Waals surface area contributed by atoms with E-state index in [1.165, 1.54) is 12.1 Å². The molecule has 1 heterocycles. The molecule has 1 aliphatic rings. The predicted molar refractivity (Wildman–Crippen MR) is 67.8 cm³/mol. The van der Waals surface area contributed by atoms with Crippen molar-refractivity contribution >= 4 is 11.9 Å². The quantitative estimate of drug-likeness (QED) is 0.873. The summed E-state index contributed by atoms with van der Waals surface area (Å²) < 4.78 is 0. The molecule has 1 N–H and O–H groups in total. The van der Waals surface area contributed by atoms with Gasteiger partial charge < -0.3 is 10.0 Å². The summed E-state index contributed by atoms with van der Waals surface area (Å²) in [4.78, 5) is 25.1. The largest absolute Gasteiger partial charge is 0.478 e. The maximum absolute atomic E-state index is 12.4. The van der Waals surface area contributed by atoms with E-state index in [0.717, 1.165) is 19.4 Å². The standard InChI is InChI=1S/C14H17NO3/c1-14(2)7-4-8-15(14)12(16)10-5-3-6-11(9-10)13(17)18/h3,5-6,9H,4,7-8H2,1-2H3,(H,17,18). The van der Waals surface area contributed by atoms with Crippen molar-refractivity contribution in [2.45, 2.75) is 32.2 Å². The van der Waals surface area contributed by atoms with Crippen molar-refractivity contribution in [2.24, 2.45) is 0 Å². The summed E-state index contributed by atoms with van der Waals surface area (Å²) in [5, 5.41) is 8.93. The number of aromatic carboxylic acids is 1. The molecule has 0 saturated carbocycles. The molecule has 0 radical (unpaired) electrons. The molecule has 0 bridgehead atoms. The zero-order valence-corrected chi connectivity index (χ0v) is 10.6. The van der Waals surface area contributed by atoms with Crippen LogP contribution >= 0.6 is 0 Å². The lowest BCUT2D eigenvalue weighted by molar-refractivity contribution is 0.0652. The Morgan fingerprint density at radius 2 is 1.94 bits per heavy atom. The molecule has 2 rings (SSSR count). The first kappa shape index (κ1) is 12.6. The van der Waals surface area contributed by atoms with Gasteiger partial charge in [-0.25, -0.2) is 4.79 Å². The summed E-state index contributed by atoms with van der Waals surface area (Å²) in [6.07, 6.45) is 1.98. The smallest absolute Gasteiger partial charge is 0.335 e. The van der Waals surface area contributed by atoms with E-state index in [-0.39, 0.29) is 17.0 Å². The summed E-state index contributed by atoms with van der Waals surface area (Å²) in [6.45, 7) is 4.82. The third kappa shape index (κ3) is 2.23. The SMILES string of the molecule is CC1(C)CCCN1C(=O)c1cccc(C(=O)O)c1. The summed E-state index contributed by atoms with van der Waals surface area (Å²) >= 11 is 0. The fourth-order valence-corrected chi connectivity index (χ4v) is 2.42. The van der Waals surface area contributed by atoms with E-state index < -0.39 is 5.97 Å². The lowest BCUT2D eigenvalue weighted by Crippen LogP contribution is -2.42. The van der Waals surface area contributed by atoms with Crippen LogP contribution < -0.4 is 0 Å². The number of benzene rings is 1. The average molecular weight is 247 g/mol. The molecule has 0 aromatic heterocycles. The molecule has 1 aromatic carbocycles. The van der Waals surface area contributed by atoms with Crippen molar-refractivity contribution < 1.29 is 14.7 Å². The minimum Gasteiger partial charge on any atom is -0.478 e. The zero-order valence-electron chi connectivity index (χ0n) is 10.6. The van der Waals surface area contributed by atoms with Crippen LogP contribution in [0, 0.1) is 0 Å². The number of rotatable bonds is 2. The van der Waals surface area contributed by atoms with Crippen molar-refractivity contribution in [3.63, 3.8) is 0 Å².